The third-order valence-electron chi connectivity index (χ3n) is 3.35. The molecule has 0 spiro atoms. The van der Waals surface area contributed by atoms with Gasteiger partial charge in [0.1, 0.15) is 0 Å². The maximum absolute atomic E-state index is 12.8. The largest absolute Gasteiger partial charge is 0.244 e. The molecule has 0 bridgehead atoms. The van der Waals surface area contributed by atoms with Gasteiger partial charge in [0.25, 0.3) is 0 Å². The molecule has 4 heteroatoms. The second-order valence-electron chi connectivity index (χ2n) is 5.16. The Bertz CT molecular complexity index is 816. The summed E-state index contributed by atoms with van der Waals surface area (Å²) in [7, 11) is -3.56. The number of sulfonamides is 1. The Labute approximate surface area is 144 Å². The number of hydrogen-bond acceptors (Lipinski definition) is 2. The van der Waals surface area contributed by atoms with E-state index in [1.54, 1.807) is 30.3 Å². The second kappa shape index (κ2) is 9.07. The van der Waals surface area contributed by atoms with E-state index in [9.17, 15) is 8.42 Å². The molecule has 0 amide bonds. The Morgan fingerprint density at radius 1 is 0.958 bits per heavy atom. The molecule has 2 aromatic rings. The molecule has 0 saturated carbocycles. The summed E-state index contributed by atoms with van der Waals surface area (Å²) >= 11 is 0. The van der Waals surface area contributed by atoms with Gasteiger partial charge in [-0.25, -0.2) is 8.42 Å². The summed E-state index contributed by atoms with van der Waals surface area (Å²) in [5.41, 5.74) is 0.874. The van der Waals surface area contributed by atoms with Gasteiger partial charge in [-0.05, 0) is 30.7 Å². The number of nitrogens with zero attached hydrogens (tertiary/aromatic N) is 1. The lowest BCUT2D eigenvalue weighted by atomic mass is 10.2. The summed E-state index contributed by atoms with van der Waals surface area (Å²) in [5.74, 6) is 5.98. The zero-order valence-corrected chi connectivity index (χ0v) is 14.5. The van der Waals surface area contributed by atoms with Gasteiger partial charge in [0.2, 0.25) is 10.0 Å². The number of allylic oxidation sites excluding steroid dienone is 1. The van der Waals surface area contributed by atoms with Crippen molar-refractivity contribution in [3.8, 4) is 11.8 Å². The Balaban J connectivity index is 2.22. The highest BCUT2D eigenvalue weighted by Crippen LogP contribution is 2.14. The molecule has 0 N–H and O–H groups in total. The van der Waals surface area contributed by atoms with Crippen molar-refractivity contribution in [1.82, 2.24) is 4.31 Å². The van der Waals surface area contributed by atoms with Crippen LogP contribution in [0.2, 0.25) is 0 Å². The van der Waals surface area contributed by atoms with Crippen molar-refractivity contribution in [1.29, 1.82) is 0 Å². The van der Waals surface area contributed by atoms with Crippen molar-refractivity contribution in [2.45, 2.75) is 18.2 Å². The van der Waals surface area contributed by atoms with Crippen LogP contribution in [0.1, 0.15) is 18.9 Å². The van der Waals surface area contributed by atoms with Gasteiger partial charge in [0, 0.05) is 12.1 Å². The molecule has 0 heterocycles. The first kappa shape index (κ1) is 18.0. The van der Waals surface area contributed by atoms with Crippen molar-refractivity contribution in [2.75, 3.05) is 13.1 Å². The predicted molar refractivity (Wildman–Crippen MR) is 98.0 cm³/mol. The van der Waals surface area contributed by atoms with Gasteiger partial charge in [-0.2, -0.15) is 4.31 Å². The van der Waals surface area contributed by atoms with E-state index in [1.165, 1.54) is 4.31 Å². The van der Waals surface area contributed by atoms with E-state index in [2.05, 4.69) is 11.8 Å². The lowest BCUT2D eigenvalue weighted by Gasteiger charge is -2.18. The molecular weight excluding hydrogens is 318 g/mol. The minimum atomic E-state index is -3.56. The van der Waals surface area contributed by atoms with E-state index in [4.69, 9.17) is 0 Å². The molecule has 0 saturated heterocycles. The lowest BCUT2D eigenvalue weighted by molar-refractivity contribution is 0.478. The van der Waals surface area contributed by atoms with E-state index >= 15 is 0 Å². The van der Waals surface area contributed by atoms with Gasteiger partial charge >= 0.3 is 0 Å². The maximum Gasteiger partial charge on any atom is 0.244 e. The molecule has 0 unspecified atom stereocenters. The first-order valence-electron chi connectivity index (χ1n) is 7.88. The molecule has 0 radical (unpaired) electrons. The topological polar surface area (TPSA) is 37.4 Å². The molecule has 0 aliphatic rings. The van der Waals surface area contributed by atoms with Gasteiger partial charge in [-0.15, -0.1) is 0 Å². The maximum atomic E-state index is 12.8. The van der Waals surface area contributed by atoms with E-state index < -0.39 is 10.0 Å². The monoisotopic (exact) mass is 339 g/mol. The summed E-state index contributed by atoms with van der Waals surface area (Å²) in [5, 5.41) is 0. The van der Waals surface area contributed by atoms with Crippen LogP contribution in [0, 0.1) is 11.8 Å². The van der Waals surface area contributed by atoms with Crippen LogP contribution in [-0.4, -0.2) is 25.8 Å². The highest BCUT2D eigenvalue weighted by atomic mass is 32.2. The quantitative estimate of drug-likeness (QED) is 0.594. The summed E-state index contributed by atoms with van der Waals surface area (Å²) in [6.45, 7) is 2.48. The Morgan fingerprint density at radius 3 is 2.21 bits per heavy atom. The SMILES string of the molecule is CC/C=C\CN(CC#Cc1ccccc1)S(=O)(=O)c1ccccc1. The van der Waals surface area contributed by atoms with Gasteiger partial charge in [0.05, 0.1) is 11.4 Å². The van der Waals surface area contributed by atoms with E-state index in [1.807, 2.05) is 49.4 Å². The smallest absolute Gasteiger partial charge is 0.207 e. The van der Waals surface area contributed by atoms with E-state index in [0.29, 0.717) is 6.54 Å². The summed E-state index contributed by atoms with van der Waals surface area (Å²) < 4.78 is 27.0. The third kappa shape index (κ3) is 5.09. The zero-order valence-electron chi connectivity index (χ0n) is 13.7. The predicted octanol–water partition coefficient (Wildman–Crippen LogP) is 3.70. The number of benzene rings is 2. The van der Waals surface area contributed by atoms with Gasteiger partial charge in [-0.3, -0.25) is 0 Å². The zero-order chi connectivity index (χ0) is 17.3. The first-order chi connectivity index (χ1) is 11.6. The Kier molecular flexibility index (Phi) is 6.80. The molecule has 0 aliphatic carbocycles. The van der Waals surface area contributed by atoms with Crippen molar-refractivity contribution in [2.24, 2.45) is 0 Å². The van der Waals surface area contributed by atoms with Gasteiger partial charge in [-0.1, -0.05) is 67.3 Å². The molecular formula is C20H21NO2S. The summed E-state index contributed by atoms with van der Waals surface area (Å²) in [4.78, 5) is 0.288. The van der Waals surface area contributed by atoms with Crippen LogP contribution in [0.15, 0.2) is 77.7 Å². The van der Waals surface area contributed by atoms with Crippen LogP contribution < -0.4 is 0 Å². The fourth-order valence-corrected chi connectivity index (χ4v) is 3.42. The second-order valence-corrected chi connectivity index (χ2v) is 7.10. The Hall–Kier alpha value is -2.35. The minimum Gasteiger partial charge on any atom is -0.207 e. The third-order valence-corrected chi connectivity index (χ3v) is 5.18. The summed E-state index contributed by atoms with van der Waals surface area (Å²) in [6.07, 6.45) is 4.69. The lowest BCUT2D eigenvalue weighted by Crippen LogP contribution is -2.31. The Morgan fingerprint density at radius 2 is 1.58 bits per heavy atom. The summed E-state index contributed by atoms with van der Waals surface area (Å²) in [6, 6.07) is 18.0. The number of rotatable bonds is 6. The molecule has 0 fully saturated rings. The average molecular weight is 339 g/mol. The van der Waals surface area contributed by atoms with Crippen LogP contribution in [-0.2, 0) is 10.0 Å². The molecule has 24 heavy (non-hydrogen) atoms. The highest BCUT2D eigenvalue weighted by Gasteiger charge is 2.22. The van der Waals surface area contributed by atoms with Gasteiger partial charge < -0.3 is 0 Å². The highest BCUT2D eigenvalue weighted by molar-refractivity contribution is 7.89. The van der Waals surface area contributed by atoms with Crippen LogP contribution in [0.3, 0.4) is 0 Å². The van der Waals surface area contributed by atoms with Crippen molar-refractivity contribution < 1.29 is 8.42 Å². The molecule has 3 nitrogen and oxygen atoms in total. The van der Waals surface area contributed by atoms with Gasteiger partial charge in [0.15, 0.2) is 0 Å². The average Bonchev–Trinajstić information content (AvgIpc) is 2.62. The van der Waals surface area contributed by atoms with E-state index in [-0.39, 0.29) is 11.4 Å². The van der Waals surface area contributed by atoms with E-state index in [0.717, 1.165) is 12.0 Å². The van der Waals surface area contributed by atoms with Crippen molar-refractivity contribution in [3.63, 3.8) is 0 Å². The number of hydrogen-bond donors (Lipinski definition) is 0. The van der Waals surface area contributed by atoms with Crippen molar-refractivity contribution >= 4 is 10.0 Å². The fraction of sp³-hybridized carbons (Fsp3) is 0.200. The minimum absolute atomic E-state index is 0.153. The molecule has 124 valence electrons. The first-order valence-corrected chi connectivity index (χ1v) is 9.32. The van der Waals surface area contributed by atoms with Crippen LogP contribution >= 0.6 is 0 Å². The van der Waals surface area contributed by atoms with Crippen LogP contribution in [0.4, 0.5) is 0 Å². The van der Waals surface area contributed by atoms with Crippen molar-refractivity contribution in [3.05, 3.63) is 78.4 Å². The molecule has 0 atom stereocenters. The molecule has 0 aliphatic heterocycles. The molecule has 2 aromatic carbocycles. The molecule has 2 rings (SSSR count). The standard InChI is InChI=1S/C20H21NO2S/c1-2-3-10-17-21(18-11-14-19-12-6-4-7-13-19)24(22,23)20-15-8-5-9-16-20/h3-10,12-13,15-16H,2,17-18H2,1H3/b10-3-. The molecule has 0 aromatic heterocycles. The fourth-order valence-electron chi connectivity index (χ4n) is 2.10. The van der Waals surface area contributed by atoms with Crippen LogP contribution in [0.25, 0.3) is 0 Å². The van der Waals surface area contributed by atoms with Crippen LogP contribution in [0.5, 0.6) is 0 Å². The normalized spacial score (nSPS) is 11.4.